The molecular formula is C29H31N3O3S. The van der Waals surface area contributed by atoms with Crippen LogP contribution in [0, 0.1) is 5.92 Å². The van der Waals surface area contributed by atoms with E-state index in [1.807, 2.05) is 23.1 Å². The number of likely N-dealkylation sites (tertiary alicyclic amines) is 1. The molecule has 1 fully saturated rings. The predicted molar refractivity (Wildman–Crippen MR) is 147 cm³/mol. The van der Waals surface area contributed by atoms with Gasteiger partial charge in [-0.3, -0.25) is 14.9 Å². The standard InChI is InChI=1S/C29H31N3O3S/c1-21-15-18-32(19-16-21)28(34)24-7-11-25(12-8-24)30-29(36)31-27(33)23-9-13-26(14-10-23)35-20-17-22-5-3-2-4-6-22/h2-14,21H,15-20H2,1H3,(H2,30,31,33,36). The lowest BCUT2D eigenvalue weighted by Gasteiger charge is -2.30. The van der Waals surface area contributed by atoms with E-state index in [1.165, 1.54) is 5.56 Å². The van der Waals surface area contributed by atoms with E-state index < -0.39 is 0 Å². The Bertz CT molecular complexity index is 1170. The summed E-state index contributed by atoms with van der Waals surface area (Å²) in [6.07, 6.45) is 2.91. The molecule has 0 unspecified atom stereocenters. The molecule has 0 spiro atoms. The third kappa shape index (κ3) is 7.15. The van der Waals surface area contributed by atoms with Gasteiger partial charge in [-0.05, 0) is 85.1 Å². The number of amides is 2. The first-order valence-electron chi connectivity index (χ1n) is 12.3. The summed E-state index contributed by atoms with van der Waals surface area (Å²) in [4.78, 5) is 27.2. The third-order valence-corrected chi connectivity index (χ3v) is 6.51. The van der Waals surface area contributed by atoms with Crippen molar-refractivity contribution in [3.05, 3.63) is 95.6 Å². The molecule has 7 heteroatoms. The maximum Gasteiger partial charge on any atom is 0.257 e. The van der Waals surface area contributed by atoms with Crippen LogP contribution >= 0.6 is 12.2 Å². The van der Waals surface area contributed by atoms with Crippen LogP contribution < -0.4 is 15.4 Å². The van der Waals surface area contributed by atoms with Crippen molar-refractivity contribution < 1.29 is 14.3 Å². The van der Waals surface area contributed by atoms with Gasteiger partial charge in [-0.15, -0.1) is 0 Å². The van der Waals surface area contributed by atoms with Crippen LogP contribution in [0.1, 0.15) is 46.0 Å². The third-order valence-electron chi connectivity index (χ3n) is 6.31. The van der Waals surface area contributed by atoms with Gasteiger partial charge in [0.05, 0.1) is 6.61 Å². The number of hydrogen-bond acceptors (Lipinski definition) is 4. The molecule has 0 bridgehead atoms. The Kier molecular flexibility index (Phi) is 8.68. The summed E-state index contributed by atoms with van der Waals surface area (Å²) in [5, 5.41) is 5.87. The van der Waals surface area contributed by atoms with Gasteiger partial charge in [0.15, 0.2) is 5.11 Å². The summed E-state index contributed by atoms with van der Waals surface area (Å²) in [6.45, 7) is 4.39. The Morgan fingerprint density at radius 1 is 0.917 bits per heavy atom. The lowest BCUT2D eigenvalue weighted by Crippen LogP contribution is -2.37. The van der Waals surface area contributed by atoms with Gasteiger partial charge in [0, 0.05) is 36.3 Å². The van der Waals surface area contributed by atoms with E-state index in [-0.39, 0.29) is 16.9 Å². The number of ether oxygens (including phenoxy) is 1. The van der Waals surface area contributed by atoms with E-state index in [0.29, 0.717) is 35.1 Å². The van der Waals surface area contributed by atoms with Crippen molar-refractivity contribution in [2.75, 3.05) is 25.0 Å². The Hall–Kier alpha value is -3.71. The highest BCUT2D eigenvalue weighted by Crippen LogP contribution is 2.19. The van der Waals surface area contributed by atoms with E-state index >= 15 is 0 Å². The minimum Gasteiger partial charge on any atom is -0.493 e. The van der Waals surface area contributed by atoms with E-state index in [4.69, 9.17) is 17.0 Å². The second kappa shape index (κ2) is 12.3. The molecule has 6 nitrogen and oxygen atoms in total. The average Bonchev–Trinajstić information content (AvgIpc) is 2.90. The van der Waals surface area contributed by atoms with Gasteiger partial charge < -0.3 is 15.0 Å². The van der Waals surface area contributed by atoms with Crippen molar-refractivity contribution in [3.8, 4) is 5.75 Å². The maximum atomic E-state index is 12.7. The van der Waals surface area contributed by atoms with Crippen LogP contribution in [0.2, 0.25) is 0 Å². The SMILES string of the molecule is CC1CCN(C(=O)c2ccc(NC(=S)NC(=O)c3ccc(OCCc4ccccc4)cc3)cc2)CC1. The molecule has 36 heavy (non-hydrogen) atoms. The minimum atomic E-state index is -0.311. The Morgan fingerprint density at radius 3 is 2.22 bits per heavy atom. The van der Waals surface area contributed by atoms with Crippen molar-refractivity contribution in [1.29, 1.82) is 0 Å². The smallest absolute Gasteiger partial charge is 0.257 e. The summed E-state index contributed by atoms with van der Waals surface area (Å²) in [6, 6.07) is 24.2. The van der Waals surface area contributed by atoms with Gasteiger partial charge in [-0.25, -0.2) is 0 Å². The molecule has 1 aliphatic rings. The zero-order valence-electron chi connectivity index (χ0n) is 20.4. The molecule has 0 aliphatic carbocycles. The normalized spacial score (nSPS) is 13.6. The number of rotatable bonds is 7. The van der Waals surface area contributed by atoms with Crippen molar-refractivity contribution in [1.82, 2.24) is 10.2 Å². The Balaban J connectivity index is 1.23. The predicted octanol–water partition coefficient (Wildman–Crippen LogP) is 5.31. The summed E-state index contributed by atoms with van der Waals surface area (Å²) in [7, 11) is 0. The molecule has 2 amide bonds. The van der Waals surface area contributed by atoms with Crippen molar-refractivity contribution in [2.45, 2.75) is 26.2 Å². The zero-order valence-corrected chi connectivity index (χ0v) is 21.2. The number of nitrogens with zero attached hydrogens (tertiary/aromatic N) is 1. The van der Waals surface area contributed by atoms with E-state index in [0.717, 1.165) is 32.4 Å². The molecule has 4 rings (SSSR count). The fraction of sp³-hybridized carbons (Fsp3) is 0.276. The Morgan fingerprint density at radius 2 is 1.56 bits per heavy atom. The molecule has 1 heterocycles. The first-order valence-corrected chi connectivity index (χ1v) is 12.7. The van der Waals surface area contributed by atoms with Crippen LogP contribution in [0.15, 0.2) is 78.9 Å². The lowest BCUT2D eigenvalue weighted by molar-refractivity contribution is 0.0697. The molecular weight excluding hydrogens is 470 g/mol. The number of anilines is 1. The largest absolute Gasteiger partial charge is 0.493 e. The highest BCUT2D eigenvalue weighted by Gasteiger charge is 2.21. The van der Waals surface area contributed by atoms with Gasteiger partial charge in [-0.1, -0.05) is 37.3 Å². The molecule has 3 aromatic carbocycles. The molecule has 1 aliphatic heterocycles. The van der Waals surface area contributed by atoms with Crippen LogP contribution in [0.3, 0.4) is 0 Å². The monoisotopic (exact) mass is 501 g/mol. The van der Waals surface area contributed by atoms with Gasteiger partial charge in [-0.2, -0.15) is 0 Å². The average molecular weight is 502 g/mol. The second-order valence-corrected chi connectivity index (χ2v) is 9.48. The fourth-order valence-corrected chi connectivity index (χ4v) is 4.27. The summed E-state index contributed by atoms with van der Waals surface area (Å²) in [5.41, 5.74) is 3.04. The highest BCUT2D eigenvalue weighted by molar-refractivity contribution is 7.80. The topological polar surface area (TPSA) is 70.7 Å². The number of hydrogen-bond donors (Lipinski definition) is 2. The second-order valence-electron chi connectivity index (χ2n) is 9.07. The van der Waals surface area contributed by atoms with Crippen molar-refractivity contribution in [2.24, 2.45) is 5.92 Å². The number of carbonyl (C=O) groups excluding carboxylic acids is 2. The molecule has 2 N–H and O–H groups in total. The lowest BCUT2D eigenvalue weighted by atomic mass is 9.98. The van der Waals surface area contributed by atoms with Crippen LogP contribution in [0.25, 0.3) is 0 Å². The number of thiocarbonyl (C=S) groups is 1. The van der Waals surface area contributed by atoms with Crippen LogP contribution in [0.5, 0.6) is 5.75 Å². The van der Waals surface area contributed by atoms with Gasteiger partial charge >= 0.3 is 0 Å². The van der Waals surface area contributed by atoms with Crippen LogP contribution in [-0.2, 0) is 6.42 Å². The van der Waals surface area contributed by atoms with E-state index in [9.17, 15) is 9.59 Å². The summed E-state index contributed by atoms with van der Waals surface area (Å²) < 4.78 is 5.78. The fourth-order valence-electron chi connectivity index (χ4n) is 4.06. The summed E-state index contributed by atoms with van der Waals surface area (Å²) >= 11 is 5.30. The molecule has 0 saturated carbocycles. The molecule has 1 saturated heterocycles. The van der Waals surface area contributed by atoms with Gasteiger partial charge in [0.25, 0.3) is 11.8 Å². The highest BCUT2D eigenvalue weighted by atomic mass is 32.1. The van der Waals surface area contributed by atoms with Gasteiger partial charge in [0.2, 0.25) is 0 Å². The minimum absolute atomic E-state index is 0.0526. The molecule has 0 aromatic heterocycles. The summed E-state index contributed by atoms with van der Waals surface area (Å²) in [5.74, 6) is 1.12. The molecule has 3 aromatic rings. The molecule has 0 radical (unpaired) electrons. The maximum absolute atomic E-state index is 12.7. The van der Waals surface area contributed by atoms with Crippen LogP contribution in [-0.4, -0.2) is 41.5 Å². The van der Waals surface area contributed by atoms with Crippen LogP contribution in [0.4, 0.5) is 5.69 Å². The zero-order chi connectivity index (χ0) is 25.3. The first kappa shape index (κ1) is 25.4. The van der Waals surface area contributed by atoms with Gasteiger partial charge in [0.1, 0.15) is 5.75 Å². The Labute approximate surface area is 217 Å². The van der Waals surface area contributed by atoms with E-state index in [2.05, 4.69) is 29.7 Å². The number of carbonyl (C=O) groups is 2. The van der Waals surface area contributed by atoms with Crippen molar-refractivity contribution in [3.63, 3.8) is 0 Å². The quantitative estimate of drug-likeness (QED) is 0.430. The number of piperidine rings is 1. The first-order chi connectivity index (χ1) is 17.5. The number of benzene rings is 3. The number of nitrogens with one attached hydrogen (secondary N) is 2. The molecule has 0 atom stereocenters. The molecule has 186 valence electrons. The van der Waals surface area contributed by atoms with E-state index in [1.54, 1.807) is 48.5 Å². The van der Waals surface area contributed by atoms with Crippen molar-refractivity contribution >= 4 is 34.8 Å².